The molecule has 0 saturated carbocycles. The van der Waals surface area contributed by atoms with Gasteiger partial charge in [-0.1, -0.05) is 0 Å². The highest BCUT2D eigenvalue weighted by molar-refractivity contribution is 5.38. The van der Waals surface area contributed by atoms with Crippen LogP contribution in [0.15, 0.2) is 24.7 Å². The Morgan fingerprint density at radius 2 is 2.10 bits per heavy atom. The van der Waals surface area contributed by atoms with Crippen LogP contribution in [0.3, 0.4) is 0 Å². The molecule has 0 saturated heterocycles. The molecule has 1 atom stereocenters. The van der Waals surface area contributed by atoms with Gasteiger partial charge in [-0.15, -0.1) is 0 Å². The second-order valence-electron chi connectivity index (χ2n) is 4.97. The highest BCUT2D eigenvalue weighted by atomic mass is 16.5. The van der Waals surface area contributed by atoms with Gasteiger partial charge in [0, 0.05) is 18.4 Å². The molecule has 0 aliphatic carbocycles. The average molecular weight is 275 g/mol. The Bertz CT molecular complexity index is 579. The molecule has 0 radical (unpaired) electrons. The lowest BCUT2D eigenvalue weighted by Gasteiger charge is -2.22. The van der Waals surface area contributed by atoms with E-state index in [2.05, 4.69) is 29.4 Å². The average Bonchev–Trinajstić information content (AvgIpc) is 2.86. The van der Waals surface area contributed by atoms with Crippen LogP contribution in [-0.4, -0.2) is 21.9 Å². The van der Waals surface area contributed by atoms with Crippen molar-refractivity contribution in [2.45, 2.75) is 32.9 Å². The molecule has 1 unspecified atom stereocenters. The van der Waals surface area contributed by atoms with Gasteiger partial charge in [-0.25, -0.2) is 5.43 Å². The largest absolute Gasteiger partial charge is 0.493 e. The van der Waals surface area contributed by atoms with Gasteiger partial charge < -0.3 is 4.74 Å². The maximum Gasteiger partial charge on any atom is 0.161 e. The number of aromatic nitrogens is 3. The molecule has 2 rings (SSSR count). The summed E-state index contributed by atoms with van der Waals surface area (Å²) in [5, 5.41) is 4.39. The molecule has 20 heavy (non-hydrogen) atoms. The van der Waals surface area contributed by atoms with Crippen LogP contribution in [-0.2, 0) is 0 Å². The summed E-state index contributed by atoms with van der Waals surface area (Å²) in [5.74, 6) is 6.51. The first-order valence-corrected chi connectivity index (χ1v) is 6.58. The van der Waals surface area contributed by atoms with E-state index in [1.165, 1.54) is 0 Å². The molecule has 2 aromatic rings. The summed E-state index contributed by atoms with van der Waals surface area (Å²) >= 11 is 0. The van der Waals surface area contributed by atoms with E-state index < -0.39 is 0 Å². The molecule has 0 amide bonds. The highest BCUT2D eigenvalue weighted by Gasteiger charge is 2.25. The number of hydrazine groups is 1. The summed E-state index contributed by atoms with van der Waals surface area (Å²) < 4.78 is 7.35. The van der Waals surface area contributed by atoms with E-state index in [-0.39, 0.29) is 12.1 Å². The van der Waals surface area contributed by atoms with Crippen molar-refractivity contribution < 1.29 is 4.74 Å². The van der Waals surface area contributed by atoms with Crippen LogP contribution in [0.4, 0.5) is 0 Å². The van der Waals surface area contributed by atoms with Crippen LogP contribution < -0.4 is 16.0 Å². The summed E-state index contributed by atoms with van der Waals surface area (Å²) in [6, 6.07) is 1.97. The molecule has 0 spiro atoms. The summed E-state index contributed by atoms with van der Waals surface area (Å²) in [6.45, 7) is 6.15. The number of hydrogen-bond acceptors (Lipinski definition) is 5. The van der Waals surface area contributed by atoms with Gasteiger partial charge in [0.15, 0.2) is 5.75 Å². The van der Waals surface area contributed by atoms with Crippen LogP contribution in [0.5, 0.6) is 5.75 Å². The summed E-state index contributed by atoms with van der Waals surface area (Å²) in [5.41, 5.74) is 5.90. The Kier molecular flexibility index (Phi) is 4.36. The first kappa shape index (κ1) is 14.5. The normalized spacial score (nSPS) is 12.7. The van der Waals surface area contributed by atoms with E-state index in [1.807, 2.05) is 23.9 Å². The summed E-state index contributed by atoms with van der Waals surface area (Å²) in [6.07, 6.45) is 5.30. The summed E-state index contributed by atoms with van der Waals surface area (Å²) in [4.78, 5) is 4.12. The number of rotatable bonds is 5. The van der Waals surface area contributed by atoms with Gasteiger partial charge >= 0.3 is 0 Å². The molecular formula is C14H21N5O. The van der Waals surface area contributed by atoms with E-state index in [1.54, 1.807) is 19.5 Å². The number of aryl methyl sites for hydroxylation is 1. The third kappa shape index (κ3) is 2.52. The number of hydrogen-bond donors (Lipinski definition) is 2. The molecule has 3 N–H and O–H groups in total. The third-order valence-corrected chi connectivity index (χ3v) is 3.32. The Morgan fingerprint density at radius 3 is 2.65 bits per heavy atom. The molecule has 2 aromatic heterocycles. The number of nitrogens with one attached hydrogen (secondary N) is 1. The van der Waals surface area contributed by atoms with Crippen molar-refractivity contribution in [3.05, 3.63) is 41.5 Å². The standard InChI is InChI=1S/C14H21N5O/c1-9(2)19-14(12(20-4)8-17-19)13(18-15)11-5-6-16-7-10(11)3/h5-9,13,18H,15H2,1-4H3. The fourth-order valence-electron chi connectivity index (χ4n) is 2.32. The number of nitrogens with two attached hydrogens (primary N) is 1. The lowest BCUT2D eigenvalue weighted by molar-refractivity contribution is 0.394. The number of methoxy groups -OCH3 is 1. The van der Waals surface area contributed by atoms with Gasteiger partial charge in [0.05, 0.1) is 19.3 Å². The first-order chi connectivity index (χ1) is 9.60. The Labute approximate surface area is 118 Å². The lowest BCUT2D eigenvalue weighted by atomic mass is 10.0. The predicted molar refractivity (Wildman–Crippen MR) is 77.3 cm³/mol. The minimum absolute atomic E-state index is 0.196. The van der Waals surface area contributed by atoms with Gasteiger partial charge in [0.25, 0.3) is 0 Å². The summed E-state index contributed by atoms with van der Waals surface area (Å²) in [7, 11) is 1.64. The quantitative estimate of drug-likeness (QED) is 0.642. The van der Waals surface area contributed by atoms with E-state index >= 15 is 0 Å². The number of ether oxygens (including phenoxy) is 1. The van der Waals surface area contributed by atoms with Gasteiger partial charge in [-0.3, -0.25) is 15.5 Å². The fraction of sp³-hybridized carbons (Fsp3) is 0.429. The predicted octanol–water partition coefficient (Wildman–Crippen LogP) is 1.73. The fourth-order valence-corrected chi connectivity index (χ4v) is 2.32. The van der Waals surface area contributed by atoms with Crippen molar-refractivity contribution >= 4 is 0 Å². The molecule has 0 fully saturated rings. The van der Waals surface area contributed by atoms with E-state index in [0.29, 0.717) is 0 Å². The van der Waals surface area contributed by atoms with Gasteiger partial charge in [0.2, 0.25) is 0 Å². The molecular weight excluding hydrogens is 254 g/mol. The maximum absolute atomic E-state index is 5.79. The zero-order valence-electron chi connectivity index (χ0n) is 12.3. The van der Waals surface area contributed by atoms with Crippen molar-refractivity contribution in [3.8, 4) is 5.75 Å². The van der Waals surface area contributed by atoms with Gasteiger partial charge in [-0.05, 0) is 38.0 Å². The first-order valence-electron chi connectivity index (χ1n) is 6.58. The van der Waals surface area contributed by atoms with Crippen LogP contribution in [0.1, 0.15) is 42.8 Å². The van der Waals surface area contributed by atoms with Crippen LogP contribution in [0, 0.1) is 6.92 Å². The molecule has 0 bridgehead atoms. The highest BCUT2D eigenvalue weighted by Crippen LogP contribution is 2.32. The SMILES string of the molecule is COc1cnn(C(C)C)c1C(NN)c1ccncc1C. The lowest BCUT2D eigenvalue weighted by Crippen LogP contribution is -2.32. The third-order valence-electron chi connectivity index (χ3n) is 3.32. The van der Waals surface area contributed by atoms with Crippen molar-refractivity contribution in [3.63, 3.8) is 0 Å². The molecule has 2 heterocycles. The van der Waals surface area contributed by atoms with E-state index in [0.717, 1.165) is 22.6 Å². The smallest absolute Gasteiger partial charge is 0.161 e. The minimum Gasteiger partial charge on any atom is -0.493 e. The molecule has 6 nitrogen and oxygen atoms in total. The minimum atomic E-state index is -0.196. The topological polar surface area (TPSA) is 78.0 Å². The van der Waals surface area contributed by atoms with Crippen LogP contribution in [0.25, 0.3) is 0 Å². The van der Waals surface area contributed by atoms with E-state index in [9.17, 15) is 0 Å². The number of nitrogens with zero attached hydrogens (tertiary/aromatic N) is 3. The van der Waals surface area contributed by atoms with Crippen molar-refractivity contribution in [1.82, 2.24) is 20.2 Å². The Hall–Kier alpha value is -1.92. The van der Waals surface area contributed by atoms with Crippen LogP contribution in [0.2, 0.25) is 0 Å². The monoisotopic (exact) mass is 275 g/mol. The molecule has 108 valence electrons. The zero-order valence-corrected chi connectivity index (χ0v) is 12.3. The van der Waals surface area contributed by atoms with Crippen molar-refractivity contribution in [1.29, 1.82) is 0 Å². The molecule has 0 aromatic carbocycles. The molecule has 0 aliphatic rings. The Balaban J connectivity index is 2.57. The van der Waals surface area contributed by atoms with Gasteiger partial charge in [-0.2, -0.15) is 5.10 Å². The van der Waals surface area contributed by atoms with Crippen LogP contribution >= 0.6 is 0 Å². The van der Waals surface area contributed by atoms with Gasteiger partial charge in [0.1, 0.15) is 5.69 Å². The van der Waals surface area contributed by atoms with E-state index in [4.69, 9.17) is 10.6 Å². The molecule has 6 heteroatoms. The van der Waals surface area contributed by atoms with Crippen molar-refractivity contribution in [2.75, 3.05) is 7.11 Å². The van der Waals surface area contributed by atoms with Crippen molar-refractivity contribution in [2.24, 2.45) is 5.84 Å². The molecule has 0 aliphatic heterocycles. The maximum atomic E-state index is 5.79. The second-order valence-corrected chi connectivity index (χ2v) is 4.97. The number of pyridine rings is 1. The zero-order chi connectivity index (χ0) is 14.7. The Morgan fingerprint density at radius 1 is 1.35 bits per heavy atom. The second kappa shape index (κ2) is 6.02.